The average Bonchev–Trinajstić information content (AvgIpc) is 2.41. The molecule has 0 fully saturated rings. The molecule has 0 aliphatic heterocycles. The van der Waals surface area contributed by atoms with Gasteiger partial charge in [-0.25, -0.2) is 9.37 Å². The topological polar surface area (TPSA) is 34.2 Å². The fourth-order valence-corrected chi connectivity index (χ4v) is 1.69. The molecule has 0 aliphatic carbocycles. The molecule has 2 rings (SSSR count). The van der Waals surface area contributed by atoms with Gasteiger partial charge in [0.05, 0.1) is 0 Å². The van der Waals surface area contributed by atoms with E-state index in [4.69, 9.17) is 4.74 Å². The average molecular weight is 260 g/mol. The first-order chi connectivity index (χ1) is 9.19. The highest BCUT2D eigenvalue weighted by atomic mass is 19.1. The summed E-state index contributed by atoms with van der Waals surface area (Å²) in [5, 5.41) is 3.22. The molecule has 0 unspecified atom stereocenters. The number of hydrogen-bond donors (Lipinski definition) is 1. The van der Waals surface area contributed by atoms with Crippen LogP contribution in [0.15, 0.2) is 36.5 Å². The lowest BCUT2D eigenvalue weighted by atomic mass is 10.2. The summed E-state index contributed by atoms with van der Waals surface area (Å²) in [6.07, 6.45) is 1.66. The van der Waals surface area contributed by atoms with Crippen molar-refractivity contribution in [3.05, 3.63) is 53.5 Å². The van der Waals surface area contributed by atoms with Gasteiger partial charge in [-0.1, -0.05) is 13.0 Å². The molecule has 0 atom stereocenters. The standard InChI is InChI=1S/C15H17FN2O/c1-3-17-10-12-6-7-18-15(9-12)19-14-8-11(2)4-5-13(14)16/h4-9,17H,3,10H2,1-2H3. The summed E-state index contributed by atoms with van der Waals surface area (Å²) in [7, 11) is 0. The molecule has 0 amide bonds. The van der Waals surface area contributed by atoms with Crippen molar-refractivity contribution in [1.29, 1.82) is 0 Å². The Labute approximate surface area is 112 Å². The predicted octanol–water partition coefficient (Wildman–Crippen LogP) is 3.43. The Hall–Kier alpha value is -1.94. The number of halogens is 1. The molecule has 4 heteroatoms. The molecule has 100 valence electrons. The van der Waals surface area contributed by atoms with Gasteiger partial charge >= 0.3 is 0 Å². The van der Waals surface area contributed by atoms with Crippen LogP contribution in [0.4, 0.5) is 4.39 Å². The quantitative estimate of drug-likeness (QED) is 0.894. The largest absolute Gasteiger partial charge is 0.436 e. The van der Waals surface area contributed by atoms with E-state index in [9.17, 15) is 4.39 Å². The lowest BCUT2D eigenvalue weighted by Gasteiger charge is -2.08. The van der Waals surface area contributed by atoms with Crippen molar-refractivity contribution in [1.82, 2.24) is 10.3 Å². The van der Waals surface area contributed by atoms with Crippen LogP contribution in [-0.4, -0.2) is 11.5 Å². The number of pyridine rings is 1. The fraction of sp³-hybridized carbons (Fsp3) is 0.267. The molecule has 0 aliphatic rings. The normalized spacial score (nSPS) is 10.5. The van der Waals surface area contributed by atoms with Crippen molar-refractivity contribution >= 4 is 0 Å². The summed E-state index contributed by atoms with van der Waals surface area (Å²) in [6, 6.07) is 8.48. The molecule has 1 N–H and O–H groups in total. The van der Waals surface area contributed by atoms with Crippen LogP contribution in [0, 0.1) is 12.7 Å². The van der Waals surface area contributed by atoms with Gasteiger partial charge in [0, 0.05) is 18.8 Å². The second-order valence-corrected chi connectivity index (χ2v) is 4.32. The molecular formula is C15H17FN2O. The van der Waals surface area contributed by atoms with E-state index >= 15 is 0 Å². The molecule has 1 aromatic heterocycles. The van der Waals surface area contributed by atoms with E-state index in [0.717, 1.165) is 24.2 Å². The van der Waals surface area contributed by atoms with E-state index in [-0.39, 0.29) is 11.6 Å². The van der Waals surface area contributed by atoms with E-state index in [1.807, 2.05) is 26.0 Å². The maximum atomic E-state index is 13.6. The van der Waals surface area contributed by atoms with Gasteiger partial charge in [-0.2, -0.15) is 0 Å². The molecule has 2 aromatic rings. The van der Waals surface area contributed by atoms with E-state index in [1.165, 1.54) is 6.07 Å². The minimum absolute atomic E-state index is 0.202. The Kier molecular flexibility index (Phi) is 4.47. The predicted molar refractivity (Wildman–Crippen MR) is 72.8 cm³/mol. The van der Waals surface area contributed by atoms with Gasteiger partial charge in [-0.05, 0) is 42.8 Å². The Morgan fingerprint density at radius 2 is 2.11 bits per heavy atom. The number of nitrogens with zero attached hydrogens (tertiary/aromatic N) is 1. The minimum Gasteiger partial charge on any atom is -0.436 e. The minimum atomic E-state index is -0.385. The molecule has 0 spiro atoms. The Morgan fingerprint density at radius 3 is 2.89 bits per heavy atom. The Balaban J connectivity index is 2.16. The number of aryl methyl sites for hydroxylation is 1. The first kappa shape index (κ1) is 13.5. The molecule has 0 radical (unpaired) electrons. The molecule has 3 nitrogen and oxygen atoms in total. The summed E-state index contributed by atoms with van der Waals surface area (Å²) >= 11 is 0. The van der Waals surface area contributed by atoms with Crippen LogP contribution >= 0.6 is 0 Å². The van der Waals surface area contributed by atoms with Crippen LogP contribution in [0.5, 0.6) is 11.6 Å². The van der Waals surface area contributed by atoms with Gasteiger partial charge in [0.2, 0.25) is 5.88 Å². The van der Waals surface area contributed by atoms with Crippen molar-refractivity contribution in [2.24, 2.45) is 0 Å². The van der Waals surface area contributed by atoms with Crippen LogP contribution in [0.3, 0.4) is 0 Å². The van der Waals surface area contributed by atoms with Crippen LogP contribution in [0.25, 0.3) is 0 Å². The second kappa shape index (κ2) is 6.29. The fourth-order valence-electron chi connectivity index (χ4n) is 1.69. The summed E-state index contributed by atoms with van der Waals surface area (Å²) in [4.78, 5) is 4.10. The van der Waals surface area contributed by atoms with Crippen molar-refractivity contribution < 1.29 is 9.13 Å². The van der Waals surface area contributed by atoms with Crippen LogP contribution in [-0.2, 0) is 6.54 Å². The van der Waals surface area contributed by atoms with Crippen molar-refractivity contribution in [3.8, 4) is 11.6 Å². The highest BCUT2D eigenvalue weighted by Gasteiger charge is 2.06. The van der Waals surface area contributed by atoms with Crippen LogP contribution < -0.4 is 10.1 Å². The van der Waals surface area contributed by atoms with Crippen LogP contribution in [0.1, 0.15) is 18.1 Å². The van der Waals surface area contributed by atoms with Crippen LogP contribution in [0.2, 0.25) is 0 Å². The van der Waals surface area contributed by atoms with E-state index in [0.29, 0.717) is 5.88 Å². The number of rotatable bonds is 5. The summed E-state index contributed by atoms with van der Waals surface area (Å²) in [5.74, 6) is 0.220. The molecular weight excluding hydrogens is 243 g/mol. The van der Waals surface area contributed by atoms with Gasteiger partial charge in [-0.15, -0.1) is 0 Å². The highest BCUT2D eigenvalue weighted by Crippen LogP contribution is 2.24. The van der Waals surface area contributed by atoms with E-state index in [1.54, 1.807) is 18.3 Å². The zero-order valence-corrected chi connectivity index (χ0v) is 11.1. The second-order valence-electron chi connectivity index (χ2n) is 4.32. The van der Waals surface area contributed by atoms with Gasteiger partial charge in [-0.3, -0.25) is 0 Å². The monoisotopic (exact) mass is 260 g/mol. The summed E-state index contributed by atoms with van der Waals surface area (Å²) < 4.78 is 19.1. The van der Waals surface area contributed by atoms with Gasteiger partial charge < -0.3 is 10.1 Å². The number of hydrogen-bond acceptors (Lipinski definition) is 3. The van der Waals surface area contributed by atoms with Crippen molar-refractivity contribution in [3.63, 3.8) is 0 Å². The molecule has 19 heavy (non-hydrogen) atoms. The zero-order valence-electron chi connectivity index (χ0n) is 11.1. The third-order valence-corrected chi connectivity index (χ3v) is 2.68. The van der Waals surface area contributed by atoms with Gasteiger partial charge in [0.1, 0.15) is 0 Å². The highest BCUT2D eigenvalue weighted by molar-refractivity contribution is 5.33. The maximum absolute atomic E-state index is 13.6. The smallest absolute Gasteiger partial charge is 0.219 e. The van der Waals surface area contributed by atoms with Gasteiger partial charge in [0.15, 0.2) is 11.6 Å². The summed E-state index contributed by atoms with van der Waals surface area (Å²) in [6.45, 7) is 5.57. The third kappa shape index (κ3) is 3.76. The number of aromatic nitrogens is 1. The molecule has 0 saturated carbocycles. The van der Waals surface area contributed by atoms with Gasteiger partial charge in [0.25, 0.3) is 0 Å². The van der Waals surface area contributed by atoms with E-state index in [2.05, 4.69) is 10.3 Å². The first-order valence-corrected chi connectivity index (χ1v) is 6.28. The molecule has 0 saturated heterocycles. The van der Waals surface area contributed by atoms with Crippen molar-refractivity contribution in [2.45, 2.75) is 20.4 Å². The maximum Gasteiger partial charge on any atom is 0.219 e. The SMILES string of the molecule is CCNCc1ccnc(Oc2cc(C)ccc2F)c1. The lowest BCUT2D eigenvalue weighted by molar-refractivity contribution is 0.426. The Bertz CT molecular complexity index is 558. The molecule has 0 bridgehead atoms. The third-order valence-electron chi connectivity index (χ3n) is 2.68. The Morgan fingerprint density at radius 1 is 1.26 bits per heavy atom. The first-order valence-electron chi connectivity index (χ1n) is 6.28. The summed E-state index contributed by atoms with van der Waals surface area (Å²) in [5.41, 5.74) is 2.00. The van der Waals surface area contributed by atoms with Crippen molar-refractivity contribution in [2.75, 3.05) is 6.54 Å². The molecule has 1 heterocycles. The number of ether oxygens (including phenoxy) is 1. The number of benzene rings is 1. The number of nitrogens with one attached hydrogen (secondary N) is 1. The lowest BCUT2D eigenvalue weighted by Crippen LogP contribution is -2.11. The zero-order chi connectivity index (χ0) is 13.7. The van der Waals surface area contributed by atoms with E-state index < -0.39 is 0 Å². The molecule has 1 aromatic carbocycles.